The molecule has 0 amide bonds. The Morgan fingerprint density at radius 3 is 0.867 bits per heavy atom. The predicted molar refractivity (Wildman–Crippen MR) is 265 cm³/mol. The van der Waals surface area contributed by atoms with Gasteiger partial charge < -0.3 is 0 Å². The fraction of sp³-hybridized carbons (Fsp3) is 0.200. The maximum Gasteiger partial charge on any atom is -0.00174 e. The summed E-state index contributed by atoms with van der Waals surface area (Å²) in [5, 5.41) is 24.2. The van der Waals surface area contributed by atoms with Crippen LogP contribution >= 0.6 is 0 Å². The topological polar surface area (TPSA) is 0 Å². The zero-order valence-electron chi connectivity index (χ0n) is 36.3. The molecule has 0 heterocycles. The minimum Gasteiger partial charge on any atom is -0.0573 e. The molecule has 0 aliphatic rings. The summed E-state index contributed by atoms with van der Waals surface area (Å²) >= 11 is 0. The van der Waals surface area contributed by atoms with E-state index in [1.54, 1.807) is 0 Å². The molecule has 0 saturated heterocycles. The lowest BCUT2D eigenvalue weighted by Crippen LogP contribution is -2.12. The van der Waals surface area contributed by atoms with E-state index in [0.29, 0.717) is 0 Å². The number of hydrogen-bond donors (Lipinski definition) is 0. The van der Waals surface area contributed by atoms with Crippen LogP contribution in [0.5, 0.6) is 0 Å². The zero-order valence-corrected chi connectivity index (χ0v) is 36.3. The summed E-state index contributed by atoms with van der Waals surface area (Å²) in [6.07, 6.45) is 0. The van der Waals surface area contributed by atoms with E-state index in [0.717, 1.165) is 0 Å². The molecule has 12 aromatic rings. The largest absolute Gasteiger partial charge is 0.0573 e. The molecule has 0 atom stereocenters. The first-order chi connectivity index (χ1) is 28.7. The van der Waals surface area contributed by atoms with E-state index in [1.165, 1.54) is 136 Å². The van der Waals surface area contributed by atoms with E-state index in [2.05, 4.69) is 202 Å². The third kappa shape index (κ3) is 4.80. The van der Waals surface area contributed by atoms with Gasteiger partial charge in [-0.1, -0.05) is 196 Å². The van der Waals surface area contributed by atoms with Gasteiger partial charge >= 0.3 is 0 Å². The Kier molecular flexibility index (Phi) is 6.98. The van der Waals surface area contributed by atoms with Crippen molar-refractivity contribution in [1.82, 2.24) is 0 Å². The normalized spacial score (nSPS) is 13.4. The van der Waals surface area contributed by atoms with Crippen molar-refractivity contribution in [2.24, 2.45) is 0 Å². The van der Waals surface area contributed by atoms with Crippen molar-refractivity contribution in [1.29, 1.82) is 0 Å². The molecular weight excluding hydrogens is 721 g/mol. The first kappa shape index (κ1) is 35.7. The molecule has 0 heteroatoms. The van der Waals surface area contributed by atoms with Crippen LogP contribution in [0.4, 0.5) is 0 Å². The van der Waals surface area contributed by atoms with Crippen LogP contribution < -0.4 is 0 Å². The summed E-state index contributed by atoms with van der Waals surface area (Å²) < 4.78 is 0. The summed E-state index contributed by atoms with van der Waals surface area (Å²) in [6, 6.07) is 54.6. The van der Waals surface area contributed by atoms with Gasteiger partial charge in [0.2, 0.25) is 0 Å². The first-order valence-electron chi connectivity index (χ1n) is 21.8. The maximum absolute atomic E-state index is 2.53. The number of benzene rings is 12. The Morgan fingerprint density at radius 2 is 0.467 bits per heavy atom. The van der Waals surface area contributed by atoms with E-state index in [4.69, 9.17) is 0 Å². The second-order valence-corrected chi connectivity index (χ2v) is 20.9. The molecule has 0 bridgehead atoms. The average molecular weight is 771 g/mol. The monoisotopic (exact) mass is 770 g/mol. The summed E-state index contributed by atoms with van der Waals surface area (Å²) in [5.41, 5.74) is 9.46. The summed E-state index contributed by atoms with van der Waals surface area (Å²) in [5.74, 6) is 0. The van der Waals surface area contributed by atoms with Crippen LogP contribution in [0.15, 0.2) is 140 Å². The molecule has 0 unspecified atom stereocenters. The second-order valence-electron chi connectivity index (χ2n) is 20.9. The smallest absolute Gasteiger partial charge is 0.00174 e. The van der Waals surface area contributed by atoms with E-state index in [9.17, 15) is 0 Å². The van der Waals surface area contributed by atoms with Crippen LogP contribution in [0.25, 0.3) is 119 Å². The molecule has 0 radical (unpaired) electrons. The van der Waals surface area contributed by atoms with Crippen LogP contribution in [0.2, 0.25) is 0 Å². The van der Waals surface area contributed by atoms with Crippen molar-refractivity contribution in [3.63, 3.8) is 0 Å². The third-order valence-corrected chi connectivity index (χ3v) is 14.1. The molecular formula is C60H50. The molecule has 0 aliphatic heterocycles. The van der Waals surface area contributed by atoms with Crippen molar-refractivity contribution in [2.75, 3.05) is 0 Å². The molecule has 290 valence electrons. The van der Waals surface area contributed by atoms with Crippen LogP contribution in [0.1, 0.15) is 79.0 Å². The van der Waals surface area contributed by atoms with E-state index in [1.807, 2.05) is 0 Å². The Labute approximate surface area is 352 Å². The lowest BCUT2D eigenvalue weighted by atomic mass is 9.77. The SMILES string of the molecule is CC(C)(C)c1ccc2ccc3ccc(-c4ccc5ccc6c(-c7ccc8ccc9ccc(C(C)(C)C)c%10ccc7c8c9%10)cc(C(C)(C)C)c7ccc4c5c67)c4ccc1c2c34. The van der Waals surface area contributed by atoms with E-state index >= 15 is 0 Å². The van der Waals surface area contributed by atoms with E-state index < -0.39 is 0 Å². The van der Waals surface area contributed by atoms with Crippen LogP contribution in [0.3, 0.4) is 0 Å². The Balaban J connectivity index is 1.17. The van der Waals surface area contributed by atoms with Gasteiger partial charge in [0.25, 0.3) is 0 Å². The standard InChI is InChI=1S/C60H50/c1-58(2,3)49-30-18-35-12-10-33-14-20-38(41-24-27-45(49)55(35)52(33)41)39-21-15-37-17-23-44-48(32-51(60(7,8)9)47-29-26-42(39)54(37)57(44)47)40-22-16-34-11-13-36-19-31-50(59(4,5)6)46-28-25-43(40)53(34)56(36)46/h10-32H,1-9H3. The quantitative estimate of drug-likeness (QED) is 0.154. The molecule has 12 aromatic carbocycles. The molecule has 0 aromatic heterocycles. The van der Waals surface area contributed by atoms with Crippen molar-refractivity contribution in [2.45, 2.75) is 78.6 Å². The van der Waals surface area contributed by atoms with Crippen LogP contribution in [-0.2, 0) is 16.2 Å². The third-order valence-electron chi connectivity index (χ3n) is 14.1. The van der Waals surface area contributed by atoms with Crippen molar-refractivity contribution in [3.05, 3.63) is 156 Å². The average Bonchev–Trinajstić information content (AvgIpc) is 3.22. The van der Waals surface area contributed by atoms with Crippen LogP contribution in [0, 0.1) is 0 Å². The molecule has 0 saturated carbocycles. The molecule has 12 rings (SSSR count). The van der Waals surface area contributed by atoms with Gasteiger partial charge in [-0.15, -0.1) is 0 Å². The number of hydrogen-bond acceptors (Lipinski definition) is 0. The van der Waals surface area contributed by atoms with Gasteiger partial charge in [-0.3, -0.25) is 0 Å². The lowest BCUT2D eigenvalue weighted by Gasteiger charge is -2.27. The maximum atomic E-state index is 2.53. The minimum absolute atomic E-state index is 0.0467. The Hall–Kier alpha value is -6.24. The summed E-state index contributed by atoms with van der Waals surface area (Å²) in [6.45, 7) is 21.1. The minimum atomic E-state index is -0.0662. The van der Waals surface area contributed by atoms with Crippen LogP contribution in [-0.4, -0.2) is 0 Å². The van der Waals surface area contributed by atoms with Gasteiger partial charge in [-0.25, -0.2) is 0 Å². The van der Waals surface area contributed by atoms with E-state index in [-0.39, 0.29) is 16.2 Å². The van der Waals surface area contributed by atoms with Crippen molar-refractivity contribution < 1.29 is 0 Å². The second kappa shape index (κ2) is 11.7. The zero-order chi connectivity index (χ0) is 41.2. The predicted octanol–water partition coefficient (Wildman–Crippen LogP) is 17.6. The van der Waals surface area contributed by atoms with Crippen molar-refractivity contribution in [3.8, 4) is 22.3 Å². The molecule has 60 heavy (non-hydrogen) atoms. The van der Waals surface area contributed by atoms with Gasteiger partial charge in [0.05, 0.1) is 0 Å². The Morgan fingerprint density at radius 1 is 0.217 bits per heavy atom. The van der Waals surface area contributed by atoms with Gasteiger partial charge in [0.1, 0.15) is 0 Å². The first-order valence-corrected chi connectivity index (χ1v) is 21.8. The van der Waals surface area contributed by atoms with Gasteiger partial charge in [-0.05, 0) is 158 Å². The Bertz CT molecular complexity index is 3740. The molecule has 0 fully saturated rings. The van der Waals surface area contributed by atoms with Gasteiger partial charge in [-0.2, -0.15) is 0 Å². The highest BCUT2D eigenvalue weighted by atomic mass is 14.3. The summed E-state index contributed by atoms with van der Waals surface area (Å²) in [4.78, 5) is 0. The lowest BCUT2D eigenvalue weighted by molar-refractivity contribution is 0.596. The fourth-order valence-corrected chi connectivity index (χ4v) is 11.4. The molecule has 0 spiro atoms. The highest BCUT2D eigenvalue weighted by Crippen LogP contribution is 2.50. The van der Waals surface area contributed by atoms with Crippen molar-refractivity contribution >= 4 is 97.0 Å². The van der Waals surface area contributed by atoms with Gasteiger partial charge in [0.15, 0.2) is 0 Å². The molecule has 0 aliphatic carbocycles. The molecule has 0 nitrogen and oxygen atoms in total. The molecule has 0 N–H and O–H groups in total. The number of rotatable bonds is 2. The summed E-state index contributed by atoms with van der Waals surface area (Å²) in [7, 11) is 0. The van der Waals surface area contributed by atoms with Gasteiger partial charge in [0, 0.05) is 0 Å². The highest BCUT2D eigenvalue weighted by molar-refractivity contribution is 6.32. The fourth-order valence-electron chi connectivity index (χ4n) is 11.4. The highest BCUT2D eigenvalue weighted by Gasteiger charge is 2.26.